The zero-order valence-electron chi connectivity index (χ0n) is 20.2. The van der Waals surface area contributed by atoms with Gasteiger partial charge in [0.05, 0.1) is 10.3 Å². The predicted molar refractivity (Wildman–Crippen MR) is 132 cm³/mol. The second kappa shape index (κ2) is 10.5. The molecule has 8 heteroatoms. The predicted octanol–water partition coefficient (Wildman–Crippen LogP) is 4.66. The largest absolute Gasteiger partial charge is 0.425 e. The third-order valence-corrected chi connectivity index (χ3v) is 7.30. The van der Waals surface area contributed by atoms with Gasteiger partial charge in [-0.15, -0.1) is 0 Å². The minimum Gasteiger partial charge on any atom is -0.425 e. The fraction of sp³-hybridized carbons (Fsp3) is 0.385. The second-order valence-electron chi connectivity index (χ2n) is 8.70. The van der Waals surface area contributed by atoms with Crippen molar-refractivity contribution in [3.05, 3.63) is 69.6 Å². The summed E-state index contributed by atoms with van der Waals surface area (Å²) in [6, 6.07) is 10.1. The zero-order chi connectivity index (χ0) is 25.0. The Morgan fingerprint density at radius 3 is 2.35 bits per heavy atom. The summed E-state index contributed by atoms with van der Waals surface area (Å²) in [6.45, 7) is 9.32. The van der Waals surface area contributed by atoms with Crippen LogP contribution in [0.25, 0.3) is 11.0 Å². The summed E-state index contributed by atoms with van der Waals surface area (Å²) in [5.41, 5.74) is 2.25. The van der Waals surface area contributed by atoms with E-state index in [-0.39, 0.29) is 16.6 Å². The number of carbonyl (C=O) groups is 1. The van der Waals surface area contributed by atoms with Crippen LogP contribution in [0.5, 0.6) is 5.75 Å². The van der Waals surface area contributed by atoms with E-state index in [1.807, 2.05) is 20.8 Å². The van der Waals surface area contributed by atoms with Crippen molar-refractivity contribution in [2.45, 2.75) is 64.8 Å². The number of nitrogens with one attached hydrogen (secondary N) is 1. The van der Waals surface area contributed by atoms with Crippen LogP contribution in [0.4, 0.5) is 0 Å². The number of rotatable bonds is 9. The van der Waals surface area contributed by atoms with Gasteiger partial charge in [0.1, 0.15) is 17.4 Å². The molecule has 3 aromatic rings. The van der Waals surface area contributed by atoms with Crippen molar-refractivity contribution in [2.24, 2.45) is 5.92 Å². The lowest BCUT2D eigenvalue weighted by molar-refractivity contribution is -0.137. The van der Waals surface area contributed by atoms with Crippen LogP contribution < -0.4 is 15.1 Å². The van der Waals surface area contributed by atoms with Crippen molar-refractivity contribution in [3.63, 3.8) is 0 Å². The molecule has 7 nitrogen and oxygen atoms in total. The van der Waals surface area contributed by atoms with Gasteiger partial charge in [0.2, 0.25) is 10.0 Å². The van der Waals surface area contributed by atoms with E-state index in [9.17, 15) is 18.0 Å². The van der Waals surface area contributed by atoms with Gasteiger partial charge in [-0.2, -0.15) is 4.72 Å². The number of benzene rings is 2. The van der Waals surface area contributed by atoms with E-state index in [1.54, 1.807) is 38.1 Å². The van der Waals surface area contributed by atoms with Gasteiger partial charge in [0.15, 0.2) is 0 Å². The van der Waals surface area contributed by atoms with Crippen LogP contribution in [0.2, 0.25) is 0 Å². The van der Waals surface area contributed by atoms with Gasteiger partial charge in [-0.3, -0.25) is 0 Å². The van der Waals surface area contributed by atoms with Crippen molar-refractivity contribution in [1.29, 1.82) is 0 Å². The summed E-state index contributed by atoms with van der Waals surface area (Å²) in [4.78, 5) is 25.4. The maximum atomic E-state index is 13.3. The molecule has 2 atom stereocenters. The molecule has 0 aliphatic rings. The fourth-order valence-corrected chi connectivity index (χ4v) is 5.07. The smallest absolute Gasteiger partial charge is 0.336 e. The Morgan fingerprint density at radius 1 is 1.06 bits per heavy atom. The maximum absolute atomic E-state index is 13.3. The second-order valence-corrected chi connectivity index (χ2v) is 10.4. The summed E-state index contributed by atoms with van der Waals surface area (Å²) in [6.07, 6.45) is 1.94. The van der Waals surface area contributed by atoms with Gasteiger partial charge in [-0.05, 0) is 61.6 Å². The van der Waals surface area contributed by atoms with Crippen LogP contribution in [0.1, 0.15) is 50.3 Å². The van der Waals surface area contributed by atoms with Crippen LogP contribution in [-0.2, 0) is 21.2 Å². The van der Waals surface area contributed by atoms with E-state index in [2.05, 4.69) is 4.72 Å². The Bertz CT molecular complexity index is 1340. The molecule has 0 aliphatic heterocycles. The third kappa shape index (κ3) is 5.74. The molecule has 1 N–H and O–H groups in total. The highest BCUT2D eigenvalue weighted by molar-refractivity contribution is 7.89. The summed E-state index contributed by atoms with van der Waals surface area (Å²) >= 11 is 0. The highest BCUT2D eigenvalue weighted by Crippen LogP contribution is 2.31. The first-order valence-electron chi connectivity index (χ1n) is 11.4. The Balaban J connectivity index is 2.01. The molecule has 0 spiro atoms. The zero-order valence-corrected chi connectivity index (χ0v) is 21.0. The van der Waals surface area contributed by atoms with Crippen molar-refractivity contribution < 1.29 is 22.4 Å². The molecule has 0 amide bonds. The van der Waals surface area contributed by atoms with Crippen LogP contribution in [0.3, 0.4) is 0 Å². The molecule has 0 fully saturated rings. The van der Waals surface area contributed by atoms with Gasteiger partial charge < -0.3 is 9.15 Å². The Kier molecular flexibility index (Phi) is 7.94. The number of aryl methyl sites for hydroxylation is 3. The summed E-state index contributed by atoms with van der Waals surface area (Å²) in [5, 5.41) is 0.546. The Labute approximate surface area is 200 Å². The van der Waals surface area contributed by atoms with Crippen molar-refractivity contribution in [1.82, 2.24) is 4.72 Å². The number of fused-ring (bicyclic) bond motifs is 1. The lowest BCUT2D eigenvalue weighted by Crippen LogP contribution is -2.47. The van der Waals surface area contributed by atoms with E-state index < -0.39 is 27.7 Å². The number of esters is 1. The first-order valence-corrected chi connectivity index (χ1v) is 12.9. The molecule has 2 aromatic carbocycles. The average Bonchev–Trinajstić information content (AvgIpc) is 2.76. The van der Waals surface area contributed by atoms with Gasteiger partial charge in [-0.1, -0.05) is 51.3 Å². The first-order chi connectivity index (χ1) is 16.1. The molecule has 1 aromatic heterocycles. The molecular formula is C26H31NO6S. The van der Waals surface area contributed by atoms with Crippen molar-refractivity contribution >= 4 is 27.0 Å². The monoisotopic (exact) mass is 485 g/mol. The topological polar surface area (TPSA) is 103 Å². The van der Waals surface area contributed by atoms with Gasteiger partial charge in [0.25, 0.3) is 0 Å². The highest BCUT2D eigenvalue weighted by Gasteiger charge is 2.32. The van der Waals surface area contributed by atoms with E-state index in [0.717, 1.165) is 23.1 Å². The summed E-state index contributed by atoms with van der Waals surface area (Å²) in [7, 11) is -3.95. The molecule has 0 aliphatic carbocycles. The highest BCUT2D eigenvalue weighted by atomic mass is 32.2. The molecule has 3 rings (SSSR count). The minimum atomic E-state index is -3.95. The quantitative estimate of drug-likeness (QED) is 0.269. The van der Waals surface area contributed by atoms with Crippen LogP contribution in [0.15, 0.2) is 56.6 Å². The van der Waals surface area contributed by atoms with E-state index in [0.29, 0.717) is 23.8 Å². The molecule has 0 unspecified atom stereocenters. The molecule has 0 saturated carbocycles. The minimum absolute atomic E-state index is 0.0761. The lowest BCUT2D eigenvalue weighted by atomic mass is 10.00. The standard InChI is InChI=1S/C26H31NO6S/c1-6-8-19-15-23(28)32-21-13-17(4)14-22(24(19)21)33-26(29)25(18(5)7-2)27-34(30,31)20-11-9-16(3)10-12-20/h9-15,18,25,27H,6-8H2,1-5H3/t18-,25-/m0/s1. The number of sulfonamides is 1. The van der Waals surface area contributed by atoms with Gasteiger partial charge in [-0.25, -0.2) is 18.0 Å². The van der Waals surface area contributed by atoms with Gasteiger partial charge in [0, 0.05) is 6.07 Å². The van der Waals surface area contributed by atoms with E-state index in [4.69, 9.17) is 9.15 Å². The molecular weight excluding hydrogens is 454 g/mol. The van der Waals surface area contributed by atoms with Gasteiger partial charge >= 0.3 is 11.6 Å². The molecule has 1 heterocycles. The van der Waals surface area contributed by atoms with Crippen LogP contribution in [0, 0.1) is 19.8 Å². The van der Waals surface area contributed by atoms with Crippen LogP contribution >= 0.6 is 0 Å². The summed E-state index contributed by atoms with van der Waals surface area (Å²) in [5.74, 6) is -0.794. The van der Waals surface area contributed by atoms with Crippen LogP contribution in [-0.4, -0.2) is 20.4 Å². The third-order valence-electron chi connectivity index (χ3n) is 5.84. The van der Waals surface area contributed by atoms with Crippen molar-refractivity contribution in [3.8, 4) is 5.75 Å². The number of carbonyl (C=O) groups excluding carboxylic acids is 1. The maximum Gasteiger partial charge on any atom is 0.336 e. The molecule has 34 heavy (non-hydrogen) atoms. The summed E-state index contributed by atoms with van der Waals surface area (Å²) < 4.78 is 39.7. The van der Waals surface area contributed by atoms with E-state index >= 15 is 0 Å². The molecule has 0 radical (unpaired) electrons. The molecule has 182 valence electrons. The SMILES string of the molecule is CCCc1cc(=O)oc2cc(C)cc(OC(=O)[C@@H](NS(=O)(=O)c3ccc(C)cc3)[C@@H](C)CC)c12. The fourth-order valence-electron chi connectivity index (χ4n) is 3.77. The lowest BCUT2D eigenvalue weighted by Gasteiger charge is -2.23. The number of hydrogen-bond donors (Lipinski definition) is 1. The molecule has 0 bridgehead atoms. The van der Waals surface area contributed by atoms with Crippen molar-refractivity contribution in [2.75, 3.05) is 0 Å². The Morgan fingerprint density at radius 2 is 1.74 bits per heavy atom. The normalized spacial score (nSPS) is 13.6. The Hall–Kier alpha value is -2.97. The first kappa shape index (κ1) is 25.6. The number of hydrogen-bond acceptors (Lipinski definition) is 6. The number of ether oxygens (including phenoxy) is 1. The average molecular weight is 486 g/mol. The molecule has 0 saturated heterocycles. The van der Waals surface area contributed by atoms with E-state index in [1.165, 1.54) is 18.2 Å².